The zero-order valence-electron chi connectivity index (χ0n) is 12.2. The minimum atomic E-state index is -3.39. The Morgan fingerprint density at radius 1 is 1.15 bits per heavy atom. The Morgan fingerprint density at radius 3 is 2.40 bits per heavy atom. The van der Waals surface area contributed by atoms with Gasteiger partial charge in [-0.3, -0.25) is 0 Å². The molecule has 0 amide bonds. The van der Waals surface area contributed by atoms with Gasteiger partial charge in [0.2, 0.25) is 10.0 Å². The third-order valence-corrected chi connectivity index (χ3v) is 5.15. The maximum absolute atomic E-state index is 12.2. The van der Waals surface area contributed by atoms with Crippen LogP contribution in [0.1, 0.15) is 51.0 Å². The molecule has 0 aromatic heterocycles. The Labute approximate surface area is 122 Å². The number of hydrogen-bond donors (Lipinski definition) is 1. The van der Waals surface area contributed by atoms with E-state index in [9.17, 15) is 8.42 Å². The Morgan fingerprint density at radius 2 is 1.85 bits per heavy atom. The fourth-order valence-electron chi connectivity index (χ4n) is 2.37. The van der Waals surface area contributed by atoms with Gasteiger partial charge >= 0.3 is 0 Å². The molecule has 110 valence electrons. The van der Waals surface area contributed by atoms with E-state index in [1.165, 1.54) is 12.0 Å². The zero-order chi connectivity index (χ0) is 14.6. The van der Waals surface area contributed by atoms with Crippen molar-refractivity contribution in [2.24, 2.45) is 0 Å². The van der Waals surface area contributed by atoms with E-state index in [4.69, 9.17) is 0 Å². The van der Waals surface area contributed by atoms with Crippen LogP contribution in [0, 0.1) is 0 Å². The quantitative estimate of drug-likeness (QED) is 0.843. The third-order valence-electron chi connectivity index (χ3n) is 3.73. The molecule has 0 radical (unpaired) electrons. The van der Waals surface area contributed by atoms with E-state index in [0.717, 1.165) is 24.8 Å². The summed E-state index contributed by atoms with van der Waals surface area (Å²) >= 11 is 0. The van der Waals surface area contributed by atoms with Crippen molar-refractivity contribution in [2.75, 3.05) is 6.54 Å². The van der Waals surface area contributed by atoms with Crippen LogP contribution in [0.2, 0.25) is 0 Å². The van der Waals surface area contributed by atoms with E-state index >= 15 is 0 Å². The molecule has 0 atom stereocenters. The lowest BCUT2D eigenvalue weighted by Crippen LogP contribution is -2.26. The second-order valence-electron chi connectivity index (χ2n) is 5.66. The highest BCUT2D eigenvalue weighted by Crippen LogP contribution is 2.19. The Bertz CT molecular complexity index is 571. The van der Waals surface area contributed by atoms with Crippen molar-refractivity contribution < 1.29 is 8.42 Å². The summed E-state index contributed by atoms with van der Waals surface area (Å²) in [5.74, 6) is 0.409. The Hall–Kier alpha value is -1.13. The minimum Gasteiger partial charge on any atom is -0.207 e. The number of benzene rings is 1. The largest absolute Gasteiger partial charge is 0.240 e. The van der Waals surface area contributed by atoms with Crippen molar-refractivity contribution in [1.82, 2.24) is 4.72 Å². The van der Waals surface area contributed by atoms with E-state index in [-0.39, 0.29) is 0 Å². The molecular formula is C16H23NO2S. The smallest absolute Gasteiger partial charge is 0.207 e. The van der Waals surface area contributed by atoms with Crippen molar-refractivity contribution in [3.05, 3.63) is 41.5 Å². The summed E-state index contributed by atoms with van der Waals surface area (Å²) in [5.41, 5.74) is 2.36. The van der Waals surface area contributed by atoms with Crippen LogP contribution in [0.5, 0.6) is 0 Å². The molecular weight excluding hydrogens is 270 g/mol. The second kappa shape index (κ2) is 6.55. The minimum absolute atomic E-state index is 0.346. The summed E-state index contributed by atoms with van der Waals surface area (Å²) in [4.78, 5) is 0.346. The van der Waals surface area contributed by atoms with Crippen molar-refractivity contribution in [3.8, 4) is 0 Å². The first kappa shape index (κ1) is 15.3. The topological polar surface area (TPSA) is 46.2 Å². The predicted molar refractivity (Wildman–Crippen MR) is 82.3 cm³/mol. The molecule has 1 aromatic rings. The van der Waals surface area contributed by atoms with Crippen LogP contribution < -0.4 is 4.72 Å². The molecule has 3 nitrogen and oxygen atoms in total. The van der Waals surface area contributed by atoms with Gasteiger partial charge in [-0.2, -0.15) is 0 Å². The first-order valence-corrected chi connectivity index (χ1v) is 8.75. The molecule has 0 bridgehead atoms. The molecule has 1 aliphatic carbocycles. The predicted octanol–water partition coefficient (Wildman–Crippen LogP) is 3.59. The van der Waals surface area contributed by atoms with Gasteiger partial charge < -0.3 is 0 Å². The molecule has 1 N–H and O–H groups in total. The van der Waals surface area contributed by atoms with Gasteiger partial charge in [-0.1, -0.05) is 37.6 Å². The Kier molecular flexibility index (Phi) is 5.00. The second-order valence-corrected chi connectivity index (χ2v) is 7.42. The SMILES string of the molecule is CC(C)c1ccc(S(=O)(=O)NCC2=CCCCC2)cc1. The summed E-state index contributed by atoms with van der Waals surface area (Å²) in [6.07, 6.45) is 6.62. The molecule has 0 saturated heterocycles. The molecule has 20 heavy (non-hydrogen) atoms. The van der Waals surface area contributed by atoms with Gasteiger partial charge in [0, 0.05) is 6.54 Å². The van der Waals surface area contributed by atoms with E-state index in [0.29, 0.717) is 17.4 Å². The van der Waals surface area contributed by atoms with Gasteiger partial charge in [-0.15, -0.1) is 0 Å². The van der Waals surface area contributed by atoms with Gasteiger partial charge in [0.25, 0.3) is 0 Å². The molecule has 1 aliphatic rings. The summed E-state index contributed by atoms with van der Waals surface area (Å²) in [5, 5.41) is 0. The number of hydrogen-bond acceptors (Lipinski definition) is 2. The highest BCUT2D eigenvalue weighted by atomic mass is 32.2. The fraction of sp³-hybridized carbons (Fsp3) is 0.500. The summed E-state index contributed by atoms with van der Waals surface area (Å²) in [7, 11) is -3.39. The lowest BCUT2D eigenvalue weighted by Gasteiger charge is -2.14. The monoisotopic (exact) mass is 293 g/mol. The maximum Gasteiger partial charge on any atom is 0.240 e. The summed E-state index contributed by atoms with van der Waals surface area (Å²) < 4.78 is 27.1. The standard InChI is InChI=1S/C16H23NO2S/c1-13(2)15-8-10-16(11-9-15)20(18,19)17-12-14-6-4-3-5-7-14/h6,8-11,13,17H,3-5,7,12H2,1-2H3. The van der Waals surface area contributed by atoms with Crippen molar-refractivity contribution in [1.29, 1.82) is 0 Å². The molecule has 0 unspecified atom stereocenters. The average molecular weight is 293 g/mol. The first-order chi connectivity index (χ1) is 9.49. The zero-order valence-corrected chi connectivity index (χ0v) is 13.0. The Balaban J connectivity index is 2.04. The number of allylic oxidation sites excluding steroid dienone is 1. The summed E-state index contributed by atoms with van der Waals surface area (Å²) in [6.45, 7) is 4.63. The van der Waals surface area contributed by atoms with E-state index in [1.54, 1.807) is 12.1 Å². The molecule has 2 rings (SSSR count). The maximum atomic E-state index is 12.2. The first-order valence-electron chi connectivity index (χ1n) is 7.26. The molecule has 0 aliphatic heterocycles. The highest BCUT2D eigenvalue weighted by Gasteiger charge is 2.15. The average Bonchev–Trinajstić information content (AvgIpc) is 2.46. The van der Waals surface area contributed by atoms with Crippen LogP contribution in [0.4, 0.5) is 0 Å². The summed E-state index contributed by atoms with van der Waals surface area (Å²) in [6, 6.07) is 7.15. The van der Waals surface area contributed by atoms with Crippen molar-refractivity contribution in [3.63, 3.8) is 0 Å². The van der Waals surface area contributed by atoms with Crippen LogP contribution in [-0.4, -0.2) is 15.0 Å². The lowest BCUT2D eigenvalue weighted by molar-refractivity contribution is 0.582. The van der Waals surface area contributed by atoms with Crippen molar-refractivity contribution in [2.45, 2.75) is 50.3 Å². The van der Waals surface area contributed by atoms with Crippen LogP contribution >= 0.6 is 0 Å². The molecule has 0 fully saturated rings. The van der Waals surface area contributed by atoms with Gasteiger partial charge in [-0.25, -0.2) is 13.1 Å². The van der Waals surface area contributed by atoms with Crippen LogP contribution in [0.3, 0.4) is 0 Å². The van der Waals surface area contributed by atoms with Gasteiger partial charge in [0.1, 0.15) is 0 Å². The fourth-order valence-corrected chi connectivity index (χ4v) is 3.40. The van der Waals surface area contributed by atoms with Gasteiger partial charge in [0.05, 0.1) is 4.90 Å². The van der Waals surface area contributed by atoms with Crippen LogP contribution in [0.15, 0.2) is 40.8 Å². The molecule has 1 aromatic carbocycles. The van der Waals surface area contributed by atoms with Gasteiger partial charge in [-0.05, 0) is 49.3 Å². The third kappa shape index (κ3) is 3.93. The van der Waals surface area contributed by atoms with Gasteiger partial charge in [0.15, 0.2) is 0 Å². The van der Waals surface area contributed by atoms with E-state index in [1.807, 2.05) is 12.1 Å². The van der Waals surface area contributed by atoms with E-state index < -0.39 is 10.0 Å². The van der Waals surface area contributed by atoms with Crippen molar-refractivity contribution >= 4 is 10.0 Å². The number of nitrogens with one attached hydrogen (secondary N) is 1. The lowest BCUT2D eigenvalue weighted by atomic mass is 10.0. The van der Waals surface area contributed by atoms with E-state index in [2.05, 4.69) is 24.6 Å². The molecule has 4 heteroatoms. The van der Waals surface area contributed by atoms with Crippen LogP contribution in [-0.2, 0) is 10.0 Å². The molecule has 0 heterocycles. The van der Waals surface area contributed by atoms with Crippen LogP contribution in [0.25, 0.3) is 0 Å². The normalized spacial score (nSPS) is 16.2. The highest BCUT2D eigenvalue weighted by molar-refractivity contribution is 7.89. The number of sulfonamides is 1. The molecule has 0 spiro atoms. The number of rotatable bonds is 5. The molecule has 0 saturated carbocycles.